The van der Waals surface area contributed by atoms with Crippen LogP contribution in [0, 0.1) is 5.92 Å². The zero-order valence-corrected chi connectivity index (χ0v) is 19.0. The third-order valence-corrected chi connectivity index (χ3v) is 8.00. The molecule has 2 aromatic rings. The van der Waals surface area contributed by atoms with Crippen LogP contribution in [0.5, 0.6) is 0 Å². The fourth-order valence-electron chi connectivity index (χ4n) is 6.09. The molecule has 164 valence electrons. The largest absolute Gasteiger partial charge is 0.324 e. The van der Waals surface area contributed by atoms with Crippen LogP contribution in [0.1, 0.15) is 82.0 Å². The van der Waals surface area contributed by atoms with Gasteiger partial charge in [0.05, 0.1) is 11.0 Å². The first-order chi connectivity index (χ1) is 14.8. The van der Waals surface area contributed by atoms with Gasteiger partial charge in [0.2, 0.25) is 0 Å². The Labute approximate surface area is 186 Å². The first-order valence-corrected chi connectivity index (χ1v) is 12.8. The normalized spacial score (nSPS) is 25.6. The molecule has 0 radical (unpaired) electrons. The molecule has 4 nitrogen and oxygen atoms in total. The van der Waals surface area contributed by atoms with Gasteiger partial charge in [0.15, 0.2) is 0 Å². The molecule has 30 heavy (non-hydrogen) atoms. The third kappa shape index (κ3) is 4.56. The van der Waals surface area contributed by atoms with Crippen molar-refractivity contribution in [3.05, 3.63) is 29.0 Å². The van der Waals surface area contributed by atoms with Crippen LogP contribution in [0.15, 0.2) is 18.2 Å². The molecule has 0 bridgehead atoms. The molecule has 1 saturated carbocycles. The molecule has 2 aliphatic heterocycles. The fourth-order valence-corrected chi connectivity index (χ4v) is 6.25. The zero-order chi connectivity index (χ0) is 20.3. The summed E-state index contributed by atoms with van der Waals surface area (Å²) in [5.74, 6) is 2.75. The maximum Gasteiger partial charge on any atom is 0.114 e. The second kappa shape index (κ2) is 9.58. The first kappa shape index (κ1) is 20.8. The van der Waals surface area contributed by atoms with Crippen molar-refractivity contribution in [2.75, 3.05) is 32.7 Å². The predicted molar refractivity (Wildman–Crippen MR) is 125 cm³/mol. The fraction of sp³-hybridized carbons (Fsp3) is 0.720. The molecule has 2 saturated heterocycles. The van der Waals surface area contributed by atoms with Gasteiger partial charge in [-0.1, -0.05) is 43.7 Å². The van der Waals surface area contributed by atoms with E-state index in [1.807, 2.05) is 12.1 Å². The molecule has 3 aliphatic rings. The summed E-state index contributed by atoms with van der Waals surface area (Å²) < 4.78 is 2.59. The van der Waals surface area contributed by atoms with Crippen LogP contribution in [-0.2, 0) is 0 Å². The van der Waals surface area contributed by atoms with E-state index in [9.17, 15) is 0 Å². The van der Waals surface area contributed by atoms with Crippen molar-refractivity contribution >= 4 is 22.6 Å². The van der Waals surface area contributed by atoms with E-state index in [-0.39, 0.29) is 0 Å². The van der Waals surface area contributed by atoms with Gasteiger partial charge in [-0.3, -0.25) is 0 Å². The topological polar surface area (TPSA) is 33.1 Å². The van der Waals surface area contributed by atoms with E-state index in [4.69, 9.17) is 16.6 Å². The second-order valence-electron chi connectivity index (χ2n) is 9.91. The van der Waals surface area contributed by atoms with Crippen molar-refractivity contribution in [1.82, 2.24) is 19.8 Å². The van der Waals surface area contributed by atoms with Crippen molar-refractivity contribution in [1.29, 1.82) is 0 Å². The van der Waals surface area contributed by atoms with E-state index in [1.54, 1.807) is 0 Å². The molecule has 1 aromatic heterocycles. The molecule has 3 heterocycles. The summed E-state index contributed by atoms with van der Waals surface area (Å²) in [5.41, 5.74) is 2.35. The van der Waals surface area contributed by atoms with E-state index in [0.29, 0.717) is 12.0 Å². The molecule has 1 atom stereocenters. The Hall–Kier alpha value is -1.10. The first-order valence-electron chi connectivity index (χ1n) is 12.4. The Bertz CT molecular complexity index is 825. The zero-order valence-electron chi connectivity index (χ0n) is 18.3. The highest BCUT2D eigenvalue weighted by atomic mass is 35.5. The highest BCUT2D eigenvalue weighted by Gasteiger charge is 2.30. The van der Waals surface area contributed by atoms with E-state index in [1.165, 1.54) is 95.2 Å². The molecule has 0 amide bonds. The molecule has 1 N–H and O–H groups in total. The van der Waals surface area contributed by atoms with Gasteiger partial charge in [0.25, 0.3) is 0 Å². The number of benzene rings is 1. The maximum atomic E-state index is 6.29. The summed E-state index contributed by atoms with van der Waals surface area (Å²) in [5, 5.41) is 4.32. The smallest absolute Gasteiger partial charge is 0.114 e. The van der Waals surface area contributed by atoms with Gasteiger partial charge < -0.3 is 14.8 Å². The summed E-state index contributed by atoms with van der Waals surface area (Å²) in [4.78, 5) is 7.85. The number of fused-ring (bicyclic) bond motifs is 1. The van der Waals surface area contributed by atoms with E-state index >= 15 is 0 Å². The summed E-state index contributed by atoms with van der Waals surface area (Å²) in [7, 11) is 0. The molecule has 1 aromatic carbocycles. The molecule has 1 unspecified atom stereocenters. The number of nitrogens with one attached hydrogen (secondary N) is 1. The lowest BCUT2D eigenvalue weighted by Crippen LogP contribution is -2.38. The number of aromatic nitrogens is 2. The molecule has 0 spiro atoms. The van der Waals surface area contributed by atoms with Gasteiger partial charge in [-0.05, 0) is 62.8 Å². The van der Waals surface area contributed by atoms with Crippen LogP contribution >= 0.6 is 11.6 Å². The molecular formula is C25H37ClN4. The van der Waals surface area contributed by atoms with Crippen LogP contribution in [-0.4, -0.2) is 47.2 Å². The average molecular weight is 429 g/mol. The monoisotopic (exact) mass is 428 g/mol. The molecule has 1 aliphatic carbocycles. The highest BCUT2D eigenvalue weighted by molar-refractivity contribution is 6.31. The van der Waals surface area contributed by atoms with Crippen molar-refractivity contribution in [3.63, 3.8) is 0 Å². The molecular weight excluding hydrogens is 392 g/mol. The van der Waals surface area contributed by atoms with Gasteiger partial charge >= 0.3 is 0 Å². The van der Waals surface area contributed by atoms with Crippen molar-refractivity contribution in [2.45, 2.75) is 76.2 Å². The van der Waals surface area contributed by atoms with Crippen molar-refractivity contribution in [2.24, 2.45) is 5.92 Å². The molecule has 5 rings (SSSR count). The Morgan fingerprint density at radius 3 is 2.47 bits per heavy atom. The Balaban J connectivity index is 1.30. The highest BCUT2D eigenvalue weighted by Crippen LogP contribution is 2.35. The average Bonchev–Trinajstić information content (AvgIpc) is 3.38. The second-order valence-corrected chi connectivity index (χ2v) is 10.3. The minimum Gasteiger partial charge on any atom is -0.324 e. The predicted octanol–water partition coefficient (Wildman–Crippen LogP) is 5.76. The lowest BCUT2D eigenvalue weighted by Gasteiger charge is -2.36. The SMILES string of the molecule is Clc1ccc2c(c1)nc(C1CCNC1)n2C1CCN(CC2CCCCCCC2)CC1. The van der Waals surface area contributed by atoms with E-state index < -0.39 is 0 Å². The van der Waals surface area contributed by atoms with Crippen LogP contribution in [0.4, 0.5) is 0 Å². The third-order valence-electron chi connectivity index (χ3n) is 7.77. The number of nitrogens with zero attached hydrogens (tertiary/aromatic N) is 3. The summed E-state index contributed by atoms with van der Waals surface area (Å²) in [6, 6.07) is 6.84. The number of piperidine rings is 1. The Morgan fingerprint density at radius 1 is 0.967 bits per heavy atom. The van der Waals surface area contributed by atoms with Gasteiger partial charge in [-0.25, -0.2) is 4.98 Å². The van der Waals surface area contributed by atoms with Gasteiger partial charge in [0.1, 0.15) is 5.82 Å². The van der Waals surface area contributed by atoms with Crippen LogP contribution < -0.4 is 5.32 Å². The van der Waals surface area contributed by atoms with Crippen LogP contribution in [0.3, 0.4) is 0 Å². The minimum absolute atomic E-state index is 0.532. The van der Waals surface area contributed by atoms with Crippen LogP contribution in [0.25, 0.3) is 11.0 Å². The van der Waals surface area contributed by atoms with Gasteiger partial charge in [-0.15, -0.1) is 0 Å². The van der Waals surface area contributed by atoms with Gasteiger partial charge in [0, 0.05) is 43.2 Å². The standard InChI is InChI=1S/C25H37ClN4/c26-21-8-9-24-23(16-21)28-25(20-10-13-27-17-20)30(24)22-11-14-29(15-12-22)18-19-6-4-2-1-3-5-7-19/h8-9,16,19-20,22,27H,1-7,10-15,17-18H2. The Kier molecular flexibility index (Phi) is 6.64. The summed E-state index contributed by atoms with van der Waals surface area (Å²) in [6.07, 6.45) is 13.8. The minimum atomic E-state index is 0.532. The van der Waals surface area contributed by atoms with Crippen LogP contribution in [0.2, 0.25) is 5.02 Å². The lowest BCUT2D eigenvalue weighted by atomic mass is 9.90. The number of hydrogen-bond donors (Lipinski definition) is 1. The van der Waals surface area contributed by atoms with Crippen molar-refractivity contribution < 1.29 is 0 Å². The number of imidazole rings is 1. The van der Waals surface area contributed by atoms with E-state index in [2.05, 4.69) is 20.9 Å². The molecule has 3 fully saturated rings. The number of hydrogen-bond acceptors (Lipinski definition) is 3. The van der Waals surface area contributed by atoms with E-state index in [0.717, 1.165) is 29.5 Å². The Morgan fingerprint density at radius 2 is 1.73 bits per heavy atom. The number of halogens is 1. The summed E-state index contributed by atoms with van der Waals surface area (Å²) in [6.45, 7) is 5.95. The number of likely N-dealkylation sites (tertiary alicyclic amines) is 1. The number of rotatable bonds is 4. The summed E-state index contributed by atoms with van der Waals surface area (Å²) >= 11 is 6.29. The quantitative estimate of drug-likeness (QED) is 0.671. The van der Waals surface area contributed by atoms with Gasteiger partial charge in [-0.2, -0.15) is 0 Å². The van der Waals surface area contributed by atoms with Crippen molar-refractivity contribution in [3.8, 4) is 0 Å². The lowest BCUT2D eigenvalue weighted by molar-refractivity contribution is 0.151. The maximum absolute atomic E-state index is 6.29. The molecule has 5 heteroatoms.